The number of rotatable bonds is 9. The number of carbonyl (C=O) groups is 4. The van der Waals surface area contributed by atoms with Crippen LogP contribution in [-0.2, 0) is 64.2 Å². The van der Waals surface area contributed by atoms with Gasteiger partial charge in [-0.3, -0.25) is 23.7 Å². The Hall–Kier alpha value is -5.37. The van der Waals surface area contributed by atoms with E-state index in [0.717, 1.165) is 35.9 Å². The van der Waals surface area contributed by atoms with Gasteiger partial charge in [-0.25, -0.2) is 0 Å². The number of aryl methyl sites for hydroxylation is 1. The van der Waals surface area contributed by atoms with E-state index in [-0.39, 0.29) is 77.9 Å². The van der Waals surface area contributed by atoms with Crippen LogP contribution < -0.4 is 10.1 Å². The molecule has 2 fully saturated rings. The molecule has 1 aliphatic heterocycles. The summed E-state index contributed by atoms with van der Waals surface area (Å²) in [5, 5.41) is 12.5. The summed E-state index contributed by atoms with van der Waals surface area (Å²) in [7, 11) is -4.02. The zero-order valence-corrected chi connectivity index (χ0v) is 38.5. The van der Waals surface area contributed by atoms with Crippen LogP contribution in [0.15, 0.2) is 65.6 Å². The fourth-order valence-electron chi connectivity index (χ4n) is 8.52. The average Bonchev–Trinajstić information content (AvgIpc) is 3.85. The molecule has 66 heavy (non-hydrogen) atoms. The minimum Gasteiger partial charge on any atom is -0.508 e. The second-order valence-electron chi connectivity index (χ2n) is 17.5. The summed E-state index contributed by atoms with van der Waals surface area (Å²) in [6.07, 6.45) is -6.66. The zero-order chi connectivity index (χ0) is 49.6. The maximum atomic E-state index is 13.4. The molecule has 364 valence electrons. The second-order valence-corrected chi connectivity index (χ2v) is 18.9. The van der Waals surface area contributed by atoms with Crippen molar-refractivity contribution >= 4 is 33.9 Å². The van der Waals surface area contributed by atoms with Crippen LogP contribution >= 0.6 is 0 Å². The number of amides is 2. The fraction of sp³-hybridized carbons (Fsp3) is 0.522. The molecule has 0 aromatic heterocycles. The highest BCUT2D eigenvalue weighted by Crippen LogP contribution is 2.48. The first kappa shape index (κ1) is 53.2. The molecule has 6 rings (SSSR count). The van der Waals surface area contributed by atoms with Gasteiger partial charge in [-0.1, -0.05) is 45.4 Å². The van der Waals surface area contributed by atoms with Gasteiger partial charge in [0.2, 0.25) is 11.8 Å². The number of alkyl halides is 6. The van der Waals surface area contributed by atoms with E-state index in [1.54, 1.807) is 12.1 Å². The Bertz CT molecular complexity index is 2340. The highest BCUT2D eigenvalue weighted by Gasteiger charge is 2.51. The molecule has 3 N–H and O–H groups in total. The van der Waals surface area contributed by atoms with Gasteiger partial charge in [-0.05, 0) is 106 Å². The van der Waals surface area contributed by atoms with Gasteiger partial charge < -0.3 is 29.5 Å². The number of halogens is 6. The minimum absolute atomic E-state index is 0.00776. The molecule has 20 heteroatoms. The first-order valence-electron chi connectivity index (χ1n) is 21.2. The summed E-state index contributed by atoms with van der Waals surface area (Å²) in [4.78, 5) is 50.1. The average molecular weight is 959 g/mol. The fourth-order valence-corrected chi connectivity index (χ4v) is 9.00. The Morgan fingerprint density at radius 3 is 1.80 bits per heavy atom. The molecule has 0 saturated heterocycles. The number of nitrogens with zero attached hydrogens (tertiary/aromatic N) is 1. The van der Waals surface area contributed by atoms with Gasteiger partial charge in [0.25, 0.3) is 10.1 Å². The Morgan fingerprint density at radius 2 is 1.30 bits per heavy atom. The van der Waals surface area contributed by atoms with Crippen molar-refractivity contribution in [1.82, 2.24) is 10.2 Å². The summed E-state index contributed by atoms with van der Waals surface area (Å²) < 4.78 is 123. The lowest BCUT2D eigenvalue weighted by atomic mass is 9.74. The van der Waals surface area contributed by atoms with Crippen LogP contribution in [0, 0.1) is 29.6 Å². The first-order chi connectivity index (χ1) is 30.5. The number of benzene rings is 3. The molecule has 13 nitrogen and oxygen atoms in total. The van der Waals surface area contributed by atoms with Crippen LogP contribution in [0.1, 0.15) is 108 Å². The number of esters is 2. The standard InChI is InChI=1S/C20H24F3NO4.C19H24F3NO4.C7H8O3S/c1-12(2)19(7-6-16(9-19)28-13(3)25)18(26)24-10-14-8-15(20(21,22)23)4-5-17(14)27-11-24;1-11(2)18(7-6-15(9-18)27-12(3)24)17(26)23-10-13-8-14(19(20,21)22)4-5-16(13)25;1-6-2-4-7(5-3-6)11(8,9)10/h4-5,8,12,16H,6-7,9-11H2,1-3H3;4-5,8,11,15,25H,6-7,9-10H2,1-3H3,(H,23,26);2-5H,1H3,(H,8,9,10)/t16?,19-;15?,18-;/m00./s1. The molecule has 4 atom stereocenters. The van der Waals surface area contributed by atoms with Crippen molar-refractivity contribution < 1.29 is 77.8 Å². The number of nitrogens with one attached hydrogen (secondary N) is 1. The van der Waals surface area contributed by atoms with Gasteiger partial charge >= 0.3 is 24.3 Å². The molecular weight excluding hydrogens is 903 g/mol. The van der Waals surface area contributed by atoms with Crippen LogP contribution in [0.4, 0.5) is 26.3 Å². The summed E-state index contributed by atoms with van der Waals surface area (Å²) in [5.74, 6) is -1.28. The predicted molar refractivity (Wildman–Crippen MR) is 227 cm³/mol. The van der Waals surface area contributed by atoms with Crippen molar-refractivity contribution in [3.05, 3.63) is 88.5 Å². The smallest absolute Gasteiger partial charge is 0.416 e. The van der Waals surface area contributed by atoms with Crippen LogP contribution in [-0.4, -0.2) is 65.7 Å². The SMILES string of the molecule is CC(=O)OC1CC[C@@](C(=O)N2COc3ccc(C(F)(F)F)cc3C2)(C(C)C)C1.CC(=O)OC1CC[C@@](C(=O)NCc2cc(C(F)(F)F)ccc2O)(C(C)C)C1.Cc1ccc(S(=O)(=O)O)cc1. The Balaban J connectivity index is 0.000000236. The van der Waals surface area contributed by atoms with E-state index in [2.05, 4.69) is 5.32 Å². The number of ether oxygens (including phenoxy) is 3. The van der Waals surface area contributed by atoms with Crippen molar-refractivity contribution in [1.29, 1.82) is 0 Å². The maximum Gasteiger partial charge on any atom is 0.416 e. The lowest BCUT2D eigenvalue weighted by Gasteiger charge is -2.39. The van der Waals surface area contributed by atoms with Gasteiger partial charge in [0.1, 0.15) is 23.7 Å². The highest BCUT2D eigenvalue weighted by molar-refractivity contribution is 7.85. The van der Waals surface area contributed by atoms with Crippen LogP contribution in [0.5, 0.6) is 11.5 Å². The van der Waals surface area contributed by atoms with Crippen LogP contribution in [0.25, 0.3) is 0 Å². The summed E-state index contributed by atoms with van der Waals surface area (Å²) >= 11 is 0. The van der Waals surface area contributed by atoms with Gasteiger partial charge in [-0.15, -0.1) is 0 Å². The Morgan fingerprint density at radius 1 is 0.803 bits per heavy atom. The minimum atomic E-state index is -4.53. The van der Waals surface area contributed by atoms with Gasteiger partial charge in [-0.2, -0.15) is 34.8 Å². The van der Waals surface area contributed by atoms with Crippen LogP contribution in [0.2, 0.25) is 0 Å². The highest BCUT2D eigenvalue weighted by atomic mass is 32.2. The Labute approximate surface area is 379 Å². The number of carbonyl (C=O) groups excluding carboxylic acids is 4. The zero-order valence-electron chi connectivity index (χ0n) is 37.6. The van der Waals surface area contributed by atoms with Crippen molar-refractivity contribution in [3.8, 4) is 11.5 Å². The normalized spacial score (nSPS) is 21.7. The third kappa shape index (κ3) is 13.4. The quantitative estimate of drug-likeness (QED) is 0.106. The van der Waals surface area contributed by atoms with E-state index in [1.807, 2.05) is 34.6 Å². The van der Waals surface area contributed by atoms with E-state index >= 15 is 0 Å². The lowest BCUT2D eigenvalue weighted by molar-refractivity contribution is -0.153. The monoisotopic (exact) mass is 958 g/mol. The van der Waals surface area contributed by atoms with Crippen molar-refractivity contribution in [3.63, 3.8) is 0 Å². The lowest BCUT2D eigenvalue weighted by Crippen LogP contribution is -2.48. The van der Waals surface area contributed by atoms with Gasteiger partial charge in [0.15, 0.2) is 6.73 Å². The first-order valence-corrected chi connectivity index (χ1v) is 22.6. The van der Waals surface area contributed by atoms with E-state index in [4.69, 9.17) is 18.8 Å². The summed E-state index contributed by atoms with van der Waals surface area (Å²) in [5.41, 5.74) is -1.86. The number of hydrogen-bond acceptors (Lipinski definition) is 10. The molecule has 2 saturated carbocycles. The number of phenolic OH excluding ortho intramolecular Hbond substituents is 1. The third-order valence-electron chi connectivity index (χ3n) is 12.3. The van der Waals surface area contributed by atoms with E-state index in [9.17, 15) is 59.0 Å². The summed E-state index contributed by atoms with van der Waals surface area (Å²) in [6.45, 7) is 12.0. The molecule has 3 aromatic carbocycles. The van der Waals surface area contributed by atoms with Crippen molar-refractivity contribution in [2.75, 3.05) is 6.73 Å². The molecule has 2 amide bonds. The molecule has 1 heterocycles. The molecule has 3 aromatic rings. The number of aromatic hydroxyl groups is 1. The van der Waals surface area contributed by atoms with Crippen molar-refractivity contribution in [2.45, 2.75) is 130 Å². The molecule has 0 spiro atoms. The van der Waals surface area contributed by atoms with E-state index in [0.29, 0.717) is 49.8 Å². The van der Waals surface area contributed by atoms with Gasteiger partial charge in [0.05, 0.1) is 33.4 Å². The number of hydrogen-bond donors (Lipinski definition) is 3. The maximum absolute atomic E-state index is 13.4. The van der Waals surface area contributed by atoms with Crippen LogP contribution in [0.3, 0.4) is 0 Å². The van der Waals surface area contributed by atoms with Gasteiger partial charge in [0, 0.05) is 31.5 Å². The second kappa shape index (κ2) is 21.1. The van der Waals surface area contributed by atoms with E-state index in [1.165, 1.54) is 36.9 Å². The molecule has 0 radical (unpaired) electrons. The van der Waals surface area contributed by atoms with Crippen molar-refractivity contribution in [2.24, 2.45) is 22.7 Å². The largest absolute Gasteiger partial charge is 0.508 e. The summed E-state index contributed by atoms with van der Waals surface area (Å²) in [6, 6.07) is 11.9. The molecule has 2 unspecified atom stereocenters. The number of fused-ring (bicyclic) bond motifs is 1. The topological polar surface area (TPSA) is 186 Å². The molecule has 0 bridgehead atoms. The molecular formula is C46H56F6N2O11S. The number of phenols is 1. The molecule has 3 aliphatic rings. The Kier molecular flexibility index (Phi) is 17.0. The third-order valence-corrected chi connectivity index (χ3v) is 13.2. The predicted octanol–water partition coefficient (Wildman–Crippen LogP) is 9.17. The van der Waals surface area contributed by atoms with E-state index < -0.39 is 50.4 Å². The molecule has 2 aliphatic carbocycles.